The van der Waals surface area contributed by atoms with E-state index in [-0.39, 0.29) is 0 Å². The van der Waals surface area contributed by atoms with E-state index in [2.05, 4.69) is 9.97 Å². The van der Waals surface area contributed by atoms with Crippen LogP contribution < -0.4 is 5.73 Å². The minimum atomic E-state index is -0.450. The van der Waals surface area contributed by atoms with Crippen molar-refractivity contribution in [3.63, 3.8) is 0 Å². The van der Waals surface area contributed by atoms with Crippen LogP contribution in [0.3, 0.4) is 0 Å². The van der Waals surface area contributed by atoms with Crippen molar-refractivity contribution in [2.45, 2.75) is 12.5 Å². The standard InChI is InChI=1S/C10H10N4/c11-5-8(12)4-7-6-14-10-9(7)2-1-3-13-10/h1-3,6,8H,4,12H2,(H,13,14). The average molecular weight is 186 g/mol. The molecule has 0 bridgehead atoms. The van der Waals surface area contributed by atoms with E-state index in [4.69, 9.17) is 11.0 Å². The largest absolute Gasteiger partial charge is 0.346 e. The summed E-state index contributed by atoms with van der Waals surface area (Å²) in [6.07, 6.45) is 4.14. The molecule has 2 heterocycles. The van der Waals surface area contributed by atoms with Gasteiger partial charge < -0.3 is 10.7 Å². The molecule has 2 rings (SSSR count). The molecular weight excluding hydrogens is 176 g/mol. The van der Waals surface area contributed by atoms with Gasteiger partial charge in [-0.2, -0.15) is 5.26 Å². The van der Waals surface area contributed by atoms with Crippen molar-refractivity contribution in [3.8, 4) is 6.07 Å². The maximum absolute atomic E-state index is 8.60. The summed E-state index contributed by atoms with van der Waals surface area (Å²) in [4.78, 5) is 7.20. The predicted molar refractivity (Wildman–Crippen MR) is 53.4 cm³/mol. The third kappa shape index (κ3) is 1.45. The Hall–Kier alpha value is -1.86. The molecule has 2 aromatic heterocycles. The fourth-order valence-electron chi connectivity index (χ4n) is 1.46. The Morgan fingerprint density at radius 1 is 1.64 bits per heavy atom. The van der Waals surface area contributed by atoms with Crippen molar-refractivity contribution in [1.29, 1.82) is 5.26 Å². The van der Waals surface area contributed by atoms with Crippen molar-refractivity contribution in [2.75, 3.05) is 0 Å². The Morgan fingerprint density at radius 2 is 2.50 bits per heavy atom. The minimum Gasteiger partial charge on any atom is -0.346 e. The molecule has 0 saturated carbocycles. The van der Waals surface area contributed by atoms with E-state index in [9.17, 15) is 0 Å². The van der Waals surface area contributed by atoms with Crippen LogP contribution in [0.5, 0.6) is 0 Å². The van der Waals surface area contributed by atoms with E-state index in [0.29, 0.717) is 6.42 Å². The van der Waals surface area contributed by atoms with Crippen molar-refractivity contribution in [2.24, 2.45) is 5.73 Å². The number of hydrogen-bond donors (Lipinski definition) is 2. The van der Waals surface area contributed by atoms with Gasteiger partial charge in [-0.15, -0.1) is 0 Å². The van der Waals surface area contributed by atoms with Crippen LogP contribution in [0.2, 0.25) is 0 Å². The fourth-order valence-corrected chi connectivity index (χ4v) is 1.46. The zero-order chi connectivity index (χ0) is 9.97. The first-order chi connectivity index (χ1) is 6.81. The molecular formula is C10H10N4. The van der Waals surface area contributed by atoms with Gasteiger partial charge in [-0.25, -0.2) is 4.98 Å². The van der Waals surface area contributed by atoms with Crippen molar-refractivity contribution in [1.82, 2.24) is 9.97 Å². The van der Waals surface area contributed by atoms with E-state index in [1.807, 2.05) is 24.4 Å². The molecule has 0 spiro atoms. The number of nitrogens with two attached hydrogens (primary N) is 1. The van der Waals surface area contributed by atoms with Gasteiger partial charge in [-0.1, -0.05) is 0 Å². The summed E-state index contributed by atoms with van der Waals surface area (Å²) >= 11 is 0. The molecule has 0 aromatic carbocycles. The van der Waals surface area contributed by atoms with Crippen LogP contribution in [0.4, 0.5) is 0 Å². The molecule has 2 aromatic rings. The zero-order valence-corrected chi connectivity index (χ0v) is 7.57. The second kappa shape index (κ2) is 3.48. The quantitative estimate of drug-likeness (QED) is 0.733. The molecule has 0 aliphatic rings. The first kappa shape index (κ1) is 8.73. The molecule has 3 N–H and O–H groups in total. The third-order valence-corrected chi connectivity index (χ3v) is 2.14. The number of nitriles is 1. The smallest absolute Gasteiger partial charge is 0.137 e. The highest BCUT2D eigenvalue weighted by Gasteiger charge is 2.07. The monoisotopic (exact) mass is 186 g/mol. The highest BCUT2D eigenvalue weighted by Crippen LogP contribution is 2.16. The normalized spacial score (nSPS) is 12.6. The molecule has 14 heavy (non-hydrogen) atoms. The number of aromatic amines is 1. The summed E-state index contributed by atoms with van der Waals surface area (Å²) < 4.78 is 0. The highest BCUT2D eigenvalue weighted by atomic mass is 14.8. The lowest BCUT2D eigenvalue weighted by molar-refractivity contribution is 0.827. The summed E-state index contributed by atoms with van der Waals surface area (Å²) in [5.41, 5.74) is 7.44. The Balaban J connectivity index is 2.39. The molecule has 0 radical (unpaired) electrons. The van der Waals surface area contributed by atoms with Gasteiger partial charge in [0.25, 0.3) is 0 Å². The first-order valence-electron chi connectivity index (χ1n) is 4.37. The lowest BCUT2D eigenvalue weighted by Crippen LogP contribution is -2.19. The van der Waals surface area contributed by atoms with Crippen molar-refractivity contribution < 1.29 is 0 Å². The maximum Gasteiger partial charge on any atom is 0.137 e. The van der Waals surface area contributed by atoms with Crippen molar-refractivity contribution in [3.05, 3.63) is 30.1 Å². The van der Waals surface area contributed by atoms with E-state index in [0.717, 1.165) is 16.6 Å². The van der Waals surface area contributed by atoms with Crippen LogP contribution in [0, 0.1) is 11.3 Å². The number of aromatic nitrogens is 2. The number of pyridine rings is 1. The molecule has 0 aliphatic heterocycles. The number of hydrogen-bond acceptors (Lipinski definition) is 3. The van der Waals surface area contributed by atoms with E-state index < -0.39 is 6.04 Å². The molecule has 4 heteroatoms. The molecule has 1 unspecified atom stereocenters. The number of rotatable bonds is 2. The number of nitrogens with zero attached hydrogens (tertiary/aromatic N) is 2. The predicted octanol–water partition coefficient (Wildman–Crippen LogP) is 0.956. The Morgan fingerprint density at radius 3 is 3.29 bits per heavy atom. The Bertz CT molecular complexity index is 480. The molecule has 70 valence electrons. The summed E-state index contributed by atoms with van der Waals surface area (Å²) in [5.74, 6) is 0. The topological polar surface area (TPSA) is 78.5 Å². The van der Waals surface area contributed by atoms with Crippen LogP contribution in [-0.2, 0) is 6.42 Å². The van der Waals surface area contributed by atoms with Crippen LogP contribution in [0.15, 0.2) is 24.5 Å². The average Bonchev–Trinajstić information content (AvgIpc) is 2.62. The minimum absolute atomic E-state index is 0.450. The molecule has 0 saturated heterocycles. The molecule has 0 aliphatic carbocycles. The van der Waals surface area contributed by atoms with Gasteiger partial charge in [0.05, 0.1) is 12.1 Å². The second-order valence-corrected chi connectivity index (χ2v) is 3.15. The van der Waals surface area contributed by atoms with Crippen LogP contribution in [-0.4, -0.2) is 16.0 Å². The van der Waals surface area contributed by atoms with Gasteiger partial charge in [0.15, 0.2) is 0 Å². The van der Waals surface area contributed by atoms with Gasteiger partial charge >= 0.3 is 0 Å². The summed E-state index contributed by atoms with van der Waals surface area (Å²) in [6.45, 7) is 0. The lowest BCUT2D eigenvalue weighted by atomic mass is 10.1. The van der Waals surface area contributed by atoms with E-state index in [1.165, 1.54) is 0 Å². The Labute approximate surface area is 81.4 Å². The highest BCUT2D eigenvalue weighted by molar-refractivity contribution is 5.79. The van der Waals surface area contributed by atoms with Crippen LogP contribution >= 0.6 is 0 Å². The van der Waals surface area contributed by atoms with Crippen LogP contribution in [0.25, 0.3) is 11.0 Å². The number of nitrogens with one attached hydrogen (secondary N) is 1. The number of H-pyrrole nitrogens is 1. The summed E-state index contributed by atoms with van der Waals surface area (Å²) in [5, 5.41) is 9.64. The van der Waals surface area contributed by atoms with Gasteiger partial charge in [-0.05, 0) is 17.7 Å². The molecule has 1 atom stereocenters. The maximum atomic E-state index is 8.60. The third-order valence-electron chi connectivity index (χ3n) is 2.14. The second-order valence-electron chi connectivity index (χ2n) is 3.15. The molecule has 0 fully saturated rings. The van der Waals surface area contributed by atoms with Crippen molar-refractivity contribution >= 4 is 11.0 Å². The fraction of sp³-hybridized carbons (Fsp3) is 0.200. The van der Waals surface area contributed by atoms with Gasteiger partial charge in [0.2, 0.25) is 0 Å². The zero-order valence-electron chi connectivity index (χ0n) is 7.57. The summed E-state index contributed by atoms with van der Waals surface area (Å²) in [7, 11) is 0. The summed E-state index contributed by atoms with van der Waals surface area (Å²) in [6, 6.07) is 5.40. The SMILES string of the molecule is N#CC(N)Cc1c[nH]c2ncccc12. The van der Waals surface area contributed by atoms with Gasteiger partial charge in [0.1, 0.15) is 5.65 Å². The van der Waals surface area contributed by atoms with E-state index in [1.54, 1.807) is 6.20 Å². The molecule has 4 nitrogen and oxygen atoms in total. The first-order valence-corrected chi connectivity index (χ1v) is 4.37. The molecule has 0 amide bonds. The van der Waals surface area contributed by atoms with Gasteiger partial charge in [0, 0.05) is 24.2 Å². The lowest BCUT2D eigenvalue weighted by Gasteiger charge is -1.99. The van der Waals surface area contributed by atoms with Crippen LogP contribution in [0.1, 0.15) is 5.56 Å². The Kier molecular flexibility index (Phi) is 2.17. The number of fused-ring (bicyclic) bond motifs is 1. The van der Waals surface area contributed by atoms with E-state index >= 15 is 0 Å². The van der Waals surface area contributed by atoms with Gasteiger partial charge in [-0.3, -0.25) is 0 Å².